The van der Waals surface area contributed by atoms with Gasteiger partial charge in [-0.3, -0.25) is 4.68 Å². The number of hydrogen-bond donors (Lipinski definition) is 1. The topological polar surface area (TPSA) is 29.9 Å². The molecule has 0 spiro atoms. The van der Waals surface area contributed by atoms with Crippen LogP contribution >= 0.6 is 11.6 Å². The smallest absolute Gasteiger partial charge is 0.129 e. The van der Waals surface area contributed by atoms with E-state index in [9.17, 15) is 4.39 Å². The molecule has 102 valence electrons. The summed E-state index contributed by atoms with van der Waals surface area (Å²) >= 11 is 6.10. The van der Waals surface area contributed by atoms with Gasteiger partial charge in [0.25, 0.3) is 0 Å². The van der Waals surface area contributed by atoms with E-state index >= 15 is 0 Å². The van der Waals surface area contributed by atoms with E-state index in [1.807, 2.05) is 24.0 Å². The Bertz CT molecular complexity index is 533. The highest BCUT2D eigenvalue weighted by molar-refractivity contribution is 6.31. The van der Waals surface area contributed by atoms with Crippen LogP contribution in [0, 0.1) is 5.82 Å². The fraction of sp³-hybridized carbons (Fsp3) is 0.357. The maximum absolute atomic E-state index is 13.9. The Balaban J connectivity index is 2.25. The van der Waals surface area contributed by atoms with Gasteiger partial charge in [0, 0.05) is 29.4 Å². The molecule has 0 fully saturated rings. The molecule has 3 nitrogen and oxygen atoms in total. The molecule has 0 saturated heterocycles. The molecule has 0 aliphatic heterocycles. The van der Waals surface area contributed by atoms with Crippen molar-refractivity contribution < 1.29 is 4.39 Å². The van der Waals surface area contributed by atoms with Crippen molar-refractivity contribution in [2.45, 2.75) is 25.9 Å². The summed E-state index contributed by atoms with van der Waals surface area (Å²) in [7, 11) is 1.80. The van der Waals surface area contributed by atoms with Crippen molar-refractivity contribution in [3.8, 4) is 0 Å². The maximum atomic E-state index is 13.9. The second-order valence-corrected chi connectivity index (χ2v) is 4.79. The molecule has 2 rings (SSSR count). The van der Waals surface area contributed by atoms with Crippen LogP contribution < -0.4 is 5.32 Å². The molecule has 1 N–H and O–H groups in total. The quantitative estimate of drug-likeness (QED) is 0.912. The number of rotatable bonds is 5. The first kappa shape index (κ1) is 14.0. The molecule has 1 aromatic carbocycles. The van der Waals surface area contributed by atoms with Crippen molar-refractivity contribution >= 4 is 11.6 Å². The number of halogens is 2. The lowest BCUT2D eigenvalue weighted by Gasteiger charge is -2.18. The molecule has 0 radical (unpaired) electrons. The Kier molecular flexibility index (Phi) is 4.56. The van der Waals surface area contributed by atoms with Gasteiger partial charge in [-0.05, 0) is 38.1 Å². The highest BCUT2D eigenvalue weighted by Gasteiger charge is 2.18. The average Bonchev–Trinajstić information content (AvgIpc) is 2.85. The summed E-state index contributed by atoms with van der Waals surface area (Å²) in [4.78, 5) is 0. The van der Waals surface area contributed by atoms with Gasteiger partial charge < -0.3 is 5.32 Å². The van der Waals surface area contributed by atoms with E-state index in [4.69, 9.17) is 11.6 Å². The molecule has 1 aromatic heterocycles. The van der Waals surface area contributed by atoms with Crippen molar-refractivity contribution in [2.24, 2.45) is 0 Å². The lowest BCUT2D eigenvalue weighted by atomic mass is 10.0. The first-order chi connectivity index (χ1) is 9.15. The van der Waals surface area contributed by atoms with Crippen LogP contribution in [0.5, 0.6) is 0 Å². The minimum Gasteiger partial charge on any atom is -0.313 e. The highest BCUT2D eigenvalue weighted by Crippen LogP contribution is 2.28. The van der Waals surface area contributed by atoms with E-state index < -0.39 is 0 Å². The molecule has 0 bridgehead atoms. The van der Waals surface area contributed by atoms with Gasteiger partial charge in [0.2, 0.25) is 0 Å². The maximum Gasteiger partial charge on any atom is 0.129 e. The Morgan fingerprint density at radius 2 is 2.26 bits per heavy atom. The standard InChI is InChI=1S/C14H17ClFN3/c1-3-19-9-10(8-18-19)7-13(17-2)14-11(15)5-4-6-12(14)16/h4-6,8-9,13,17H,3,7H2,1-2H3. The largest absolute Gasteiger partial charge is 0.313 e. The van der Waals surface area contributed by atoms with Crippen molar-refractivity contribution in [1.82, 2.24) is 15.1 Å². The fourth-order valence-corrected chi connectivity index (χ4v) is 2.41. The molecule has 1 atom stereocenters. The first-order valence-electron chi connectivity index (χ1n) is 6.28. The zero-order valence-electron chi connectivity index (χ0n) is 11.0. The van der Waals surface area contributed by atoms with Gasteiger partial charge in [0.1, 0.15) is 5.82 Å². The van der Waals surface area contributed by atoms with Gasteiger partial charge in [0.15, 0.2) is 0 Å². The molecule has 19 heavy (non-hydrogen) atoms. The number of nitrogens with one attached hydrogen (secondary N) is 1. The van der Waals surface area contributed by atoms with Crippen molar-refractivity contribution in [3.63, 3.8) is 0 Å². The Morgan fingerprint density at radius 1 is 1.47 bits per heavy atom. The molecular weight excluding hydrogens is 265 g/mol. The summed E-state index contributed by atoms with van der Waals surface area (Å²) in [6.45, 7) is 2.85. The molecule has 0 aliphatic carbocycles. The van der Waals surface area contributed by atoms with Crippen LogP contribution in [0.1, 0.15) is 24.1 Å². The predicted octanol–water partition coefficient (Wildman–Crippen LogP) is 3.20. The third kappa shape index (κ3) is 3.14. The third-order valence-electron chi connectivity index (χ3n) is 3.15. The molecule has 5 heteroatoms. The van der Waals surface area contributed by atoms with Gasteiger partial charge in [-0.2, -0.15) is 5.10 Å². The number of aromatic nitrogens is 2. The van der Waals surface area contributed by atoms with E-state index in [-0.39, 0.29) is 11.9 Å². The van der Waals surface area contributed by atoms with Gasteiger partial charge in [0.05, 0.1) is 6.20 Å². The normalized spacial score (nSPS) is 12.6. The number of nitrogens with zero attached hydrogens (tertiary/aromatic N) is 2. The van der Waals surface area contributed by atoms with Gasteiger partial charge in [-0.1, -0.05) is 17.7 Å². The zero-order valence-corrected chi connectivity index (χ0v) is 11.8. The van der Waals surface area contributed by atoms with Crippen molar-refractivity contribution in [2.75, 3.05) is 7.05 Å². The number of hydrogen-bond acceptors (Lipinski definition) is 2. The zero-order chi connectivity index (χ0) is 13.8. The highest BCUT2D eigenvalue weighted by atomic mass is 35.5. The van der Waals surface area contributed by atoms with Crippen LogP contribution in [0.2, 0.25) is 5.02 Å². The summed E-state index contributed by atoms with van der Waals surface area (Å²) in [5, 5.41) is 7.78. The molecule has 2 aromatic rings. The second-order valence-electron chi connectivity index (χ2n) is 4.38. The summed E-state index contributed by atoms with van der Waals surface area (Å²) in [5.74, 6) is -0.283. The van der Waals surface area contributed by atoms with E-state index in [1.54, 1.807) is 19.2 Å². The average molecular weight is 282 g/mol. The number of likely N-dealkylation sites (N-methyl/N-ethyl adjacent to an activating group) is 1. The fourth-order valence-electron chi connectivity index (χ4n) is 2.11. The van der Waals surface area contributed by atoms with Crippen LogP contribution in [-0.4, -0.2) is 16.8 Å². The molecule has 1 unspecified atom stereocenters. The number of benzene rings is 1. The Labute approximate surface area is 117 Å². The minimum atomic E-state index is -0.283. The lowest BCUT2D eigenvalue weighted by Crippen LogP contribution is -2.20. The SMILES string of the molecule is CCn1cc(CC(NC)c2c(F)cccc2Cl)cn1. The third-order valence-corrected chi connectivity index (χ3v) is 3.48. The van der Waals surface area contributed by atoms with Crippen LogP contribution in [-0.2, 0) is 13.0 Å². The lowest BCUT2D eigenvalue weighted by molar-refractivity contribution is 0.534. The molecule has 1 heterocycles. The van der Waals surface area contributed by atoms with Gasteiger partial charge in [-0.25, -0.2) is 4.39 Å². The predicted molar refractivity (Wildman–Crippen MR) is 74.8 cm³/mol. The molecule has 0 amide bonds. The second kappa shape index (κ2) is 6.17. The van der Waals surface area contributed by atoms with Crippen LogP contribution in [0.3, 0.4) is 0 Å². The van der Waals surface area contributed by atoms with E-state index in [0.717, 1.165) is 12.1 Å². The first-order valence-corrected chi connectivity index (χ1v) is 6.66. The van der Waals surface area contributed by atoms with E-state index in [1.165, 1.54) is 6.07 Å². The minimum absolute atomic E-state index is 0.164. The van der Waals surface area contributed by atoms with Crippen LogP contribution in [0.25, 0.3) is 0 Å². The monoisotopic (exact) mass is 281 g/mol. The van der Waals surface area contributed by atoms with E-state index in [0.29, 0.717) is 17.0 Å². The molecule has 0 saturated carbocycles. The van der Waals surface area contributed by atoms with Crippen LogP contribution in [0.4, 0.5) is 4.39 Å². The summed E-state index contributed by atoms with van der Waals surface area (Å²) in [6, 6.07) is 4.59. The summed E-state index contributed by atoms with van der Waals surface area (Å²) < 4.78 is 15.8. The van der Waals surface area contributed by atoms with Gasteiger partial charge in [-0.15, -0.1) is 0 Å². The Hall–Kier alpha value is -1.39. The van der Waals surface area contributed by atoms with E-state index in [2.05, 4.69) is 10.4 Å². The molecular formula is C14H17ClFN3. The van der Waals surface area contributed by atoms with Crippen molar-refractivity contribution in [3.05, 3.63) is 52.6 Å². The molecule has 0 aliphatic rings. The summed E-state index contributed by atoms with van der Waals surface area (Å²) in [6.07, 6.45) is 4.43. The van der Waals surface area contributed by atoms with Crippen molar-refractivity contribution in [1.29, 1.82) is 0 Å². The Morgan fingerprint density at radius 3 is 2.84 bits per heavy atom. The number of aryl methyl sites for hydroxylation is 1. The van der Waals surface area contributed by atoms with Crippen LogP contribution in [0.15, 0.2) is 30.6 Å². The van der Waals surface area contributed by atoms with Gasteiger partial charge >= 0.3 is 0 Å². The summed E-state index contributed by atoms with van der Waals surface area (Å²) in [5.41, 5.74) is 1.57.